The average Bonchev–Trinajstić information content (AvgIpc) is 2.02. The number of allylic oxidation sites excluding steroid dienone is 1. The van der Waals surface area contributed by atoms with Gasteiger partial charge >= 0.3 is 79.4 Å². The van der Waals surface area contributed by atoms with Gasteiger partial charge in [-0.15, -0.1) is 0 Å². The standard InChI is InChI=1S/C7H15O3PSe/c1-4-7-12-11(8,9-5-2)10-6-3/h4H,1,5-7H2,2-3H3. The van der Waals surface area contributed by atoms with Crippen molar-refractivity contribution < 1.29 is 13.6 Å². The second-order valence-electron chi connectivity index (χ2n) is 1.87. The molecule has 0 aromatic carbocycles. The van der Waals surface area contributed by atoms with E-state index >= 15 is 0 Å². The van der Waals surface area contributed by atoms with Crippen LogP contribution in [-0.4, -0.2) is 27.7 Å². The molecule has 0 fully saturated rings. The molecule has 0 bridgehead atoms. The molecule has 0 aliphatic rings. The summed E-state index contributed by atoms with van der Waals surface area (Å²) in [6.45, 7) is 8.08. The summed E-state index contributed by atoms with van der Waals surface area (Å²) in [6, 6.07) is 0. The molecule has 0 atom stereocenters. The minimum absolute atomic E-state index is 0.124. The monoisotopic (exact) mass is 258 g/mol. The van der Waals surface area contributed by atoms with E-state index in [9.17, 15) is 4.57 Å². The fraction of sp³-hybridized carbons (Fsp3) is 0.714. The Morgan fingerprint density at radius 1 is 1.42 bits per heavy atom. The van der Waals surface area contributed by atoms with Gasteiger partial charge in [-0.05, 0) is 0 Å². The molecule has 0 heterocycles. The molecule has 72 valence electrons. The van der Waals surface area contributed by atoms with Gasteiger partial charge in [0.2, 0.25) is 0 Å². The van der Waals surface area contributed by atoms with Crippen LogP contribution in [0.3, 0.4) is 0 Å². The quantitative estimate of drug-likeness (QED) is 0.399. The summed E-state index contributed by atoms with van der Waals surface area (Å²) in [6.07, 6.45) is -1.00. The molecule has 0 N–H and O–H groups in total. The predicted molar refractivity (Wildman–Crippen MR) is 51.6 cm³/mol. The molecule has 0 saturated carbocycles. The van der Waals surface area contributed by atoms with E-state index < -0.39 is 6.29 Å². The zero-order valence-electron chi connectivity index (χ0n) is 7.49. The second-order valence-corrected chi connectivity index (χ2v) is 8.68. The Kier molecular flexibility index (Phi) is 7.11. The first-order valence-corrected chi connectivity index (χ1v) is 8.80. The molecule has 0 unspecified atom stereocenters. The van der Waals surface area contributed by atoms with Gasteiger partial charge in [-0.1, -0.05) is 0 Å². The summed E-state index contributed by atoms with van der Waals surface area (Å²) < 4.78 is 21.9. The third-order valence-corrected chi connectivity index (χ3v) is 7.29. The van der Waals surface area contributed by atoms with E-state index in [0.29, 0.717) is 13.2 Å². The van der Waals surface area contributed by atoms with Gasteiger partial charge in [-0.3, -0.25) is 0 Å². The van der Waals surface area contributed by atoms with Crippen LogP contribution in [0.5, 0.6) is 0 Å². The van der Waals surface area contributed by atoms with Crippen LogP contribution in [0.15, 0.2) is 12.7 Å². The first-order valence-electron chi connectivity index (χ1n) is 3.83. The van der Waals surface area contributed by atoms with Crippen molar-refractivity contribution in [2.24, 2.45) is 0 Å². The maximum absolute atomic E-state index is 11.7. The van der Waals surface area contributed by atoms with Crippen LogP contribution in [0.2, 0.25) is 5.32 Å². The van der Waals surface area contributed by atoms with E-state index in [2.05, 4.69) is 6.58 Å². The van der Waals surface area contributed by atoms with Crippen LogP contribution < -0.4 is 0 Å². The van der Waals surface area contributed by atoms with Crippen molar-refractivity contribution >= 4 is 20.8 Å². The Morgan fingerprint density at radius 2 is 1.92 bits per heavy atom. The van der Waals surface area contributed by atoms with Gasteiger partial charge < -0.3 is 0 Å². The van der Waals surface area contributed by atoms with E-state index in [0.717, 1.165) is 5.32 Å². The molecule has 0 aliphatic carbocycles. The fourth-order valence-corrected chi connectivity index (χ4v) is 5.79. The molecular weight excluding hydrogens is 242 g/mol. The third-order valence-electron chi connectivity index (χ3n) is 0.925. The van der Waals surface area contributed by atoms with E-state index in [1.165, 1.54) is 0 Å². The van der Waals surface area contributed by atoms with Gasteiger partial charge in [0.05, 0.1) is 0 Å². The molecular formula is C7H15O3PSe. The van der Waals surface area contributed by atoms with Crippen molar-refractivity contribution in [2.75, 3.05) is 13.2 Å². The summed E-state index contributed by atoms with van der Waals surface area (Å²) in [4.78, 5) is 0. The van der Waals surface area contributed by atoms with Gasteiger partial charge in [-0.2, -0.15) is 0 Å². The van der Waals surface area contributed by atoms with Crippen LogP contribution in [0, 0.1) is 0 Å². The molecule has 12 heavy (non-hydrogen) atoms. The molecule has 0 spiro atoms. The zero-order valence-corrected chi connectivity index (χ0v) is 10.1. The summed E-state index contributed by atoms with van der Waals surface area (Å²) in [5.74, 6) is 0. The van der Waals surface area contributed by atoms with Gasteiger partial charge in [0.25, 0.3) is 0 Å². The Labute approximate surface area is 79.8 Å². The van der Waals surface area contributed by atoms with Gasteiger partial charge in [0, 0.05) is 0 Å². The van der Waals surface area contributed by atoms with E-state index in [-0.39, 0.29) is 14.5 Å². The normalized spacial score (nSPS) is 11.5. The molecule has 0 radical (unpaired) electrons. The first-order chi connectivity index (χ1) is 5.68. The number of rotatable bonds is 7. The van der Waals surface area contributed by atoms with Crippen LogP contribution in [-0.2, 0) is 13.6 Å². The Hall–Kier alpha value is 0.409. The Bertz CT molecular complexity index is 162. The molecule has 0 amide bonds. The van der Waals surface area contributed by atoms with Gasteiger partial charge in [0.1, 0.15) is 0 Å². The van der Waals surface area contributed by atoms with E-state index in [4.69, 9.17) is 9.05 Å². The topological polar surface area (TPSA) is 35.5 Å². The zero-order chi connectivity index (χ0) is 9.45. The summed E-state index contributed by atoms with van der Waals surface area (Å²) in [5, 5.41) is 0.726. The second kappa shape index (κ2) is 6.88. The SMILES string of the molecule is C=CC[Se]P(=O)(OCC)OCC. The van der Waals surface area contributed by atoms with Crippen LogP contribution in [0.1, 0.15) is 13.8 Å². The first kappa shape index (κ1) is 12.4. The van der Waals surface area contributed by atoms with E-state index in [1.54, 1.807) is 6.08 Å². The molecule has 0 rings (SSSR count). The van der Waals surface area contributed by atoms with Gasteiger partial charge in [0.15, 0.2) is 0 Å². The number of hydrogen-bond acceptors (Lipinski definition) is 3. The van der Waals surface area contributed by atoms with Crippen molar-refractivity contribution in [2.45, 2.75) is 19.2 Å². The van der Waals surface area contributed by atoms with E-state index in [1.807, 2.05) is 13.8 Å². The Morgan fingerprint density at radius 3 is 2.25 bits per heavy atom. The fourth-order valence-electron chi connectivity index (χ4n) is 0.572. The molecule has 0 aromatic rings. The summed E-state index contributed by atoms with van der Waals surface area (Å²) in [7, 11) is 0. The third kappa shape index (κ3) is 5.13. The summed E-state index contributed by atoms with van der Waals surface area (Å²) >= 11 is -0.124. The summed E-state index contributed by atoms with van der Waals surface area (Å²) in [5.41, 5.74) is 0. The van der Waals surface area contributed by atoms with Crippen LogP contribution in [0.25, 0.3) is 0 Å². The van der Waals surface area contributed by atoms with Crippen molar-refractivity contribution in [3.63, 3.8) is 0 Å². The maximum atomic E-state index is 11.7. The molecule has 0 aliphatic heterocycles. The van der Waals surface area contributed by atoms with Crippen molar-refractivity contribution in [3.8, 4) is 0 Å². The number of hydrogen-bond donors (Lipinski definition) is 0. The minimum atomic E-state index is -2.74. The van der Waals surface area contributed by atoms with Gasteiger partial charge in [-0.25, -0.2) is 0 Å². The molecule has 5 heteroatoms. The van der Waals surface area contributed by atoms with Crippen LogP contribution in [0.4, 0.5) is 0 Å². The molecule has 0 aromatic heterocycles. The molecule has 3 nitrogen and oxygen atoms in total. The average molecular weight is 257 g/mol. The molecule has 0 saturated heterocycles. The van der Waals surface area contributed by atoms with Crippen LogP contribution >= 0.6 is 6.29 Å². The van der Waals surface area contributed by atoms with Crippen molar-refractivity contribution in [3.05, 3.63) is 12.7 Å². The van der Waals surface area contributed by atoms with Crippen molar-refractivity contribution in [1.29, 1.82) is 0 Å². The van der Waals surface area contributed by atoms with Crippen molar-refractivity contribution in [1.82, 2.24) is 0 Å². The Balaban J connectivity index is 3.98. The predicted octanol–water partition coefficient (Wildman–Crippen LogP) is 2.48.